The van der Waals surface area contributed by atoms with Gasteiger partial charge in [0, 0.05) is 29.1 Å². The number of benzene rings is 1. The highest BCUT2D eigenvalue weighted by Crippen LogP contribution is 2.27. The van der Waals surface area contributed by atoms with Gasteiger partial charge in [-0.05, 0) is 42.3 Å². The van der Waals surface area contributed by atoms with Crippen LogP contribution in [0.1, 0.15) is 24.1 Å². The van der Waals surface area contributed by atoms with Gasteiger partial charge in [-0.2, -0.15) is 0 Å². The summed E-state index contributed by atoms with van der Waals surface area (Å²) in [4.78, 5) is 4.09. The molecule has 1 aromatic heterocycles. The van der Waals surface area contributed by atoms with Gasteiger partial charge in [-0.25, -0.2) is 4.39 Å². The zero-order valence-corrected chi connectivity index (χ0v) is 12.0. The Morgan fingerprint density at radius 3 is 2.85 bits per heavy atom. The highest BCUT2D eigenvalue weighted by atomic mass is 35.5. The van der Waals surface area contributed by atoms with E-state index in [9.17, 15) is 4.39 Å². The molecule has 0 amide bonds. The summed E-state index contributed by atoms with van der Waals surface area (Å²) in [5, 5.41) is 3.76. The van der Waals surface area contributed by atoms with Crippen LogP contribution in [-0.2, 0) is 6.42 Å². The third-order valence-corrected chi connectivity index (χ3v) is 3.48. The standard InChI is InChI=1S/C15H17ClFN3/c1-2-20-15(7-10-9-19-6-5-14(10)18)12-4-3-11(17)8-13(12)16/h3-6,8-9,15,20H,2,7H2,1H3,(H2,18,19). The molecule has 3 nitrogen and oxygen atoms in total. The number of aromatic nitrogens is 1. The van der Waals surface area contributed by atoms with Gasteiger partial charge in [0.15, 0.2) is 0 Å². The van der Waals surface area contributed by atoms with Crippen molar-refractivity contribution in [2.45, 2.75) is 19.4 Å². The van der Waals surface area contributed by atoms with E-state index in [0.29, 0.717) is 17.1 Å². The minimum absolute atomic E-state index is 0.0281. The van der Waals surface area contributed by atoms with Crippen LogP contribution in [-0.4, -0.2) is 11.5 Å². The van der Waals surface area contributed by atoms with Gasteiger partial charge in [-0.1, -0.05) is 24.6 Å². The molecule has 1 unspecified atom stereocenters. The minimum Gasteiger partial charge on any atom is -0.398 e. The summed E-state index contributed by atoms with van der Waals surface area (Å²) in [6.07, 6.45) is 4.06. The van der Waals surface area contributed by atoms with Gasteiger partial charge in [0.05, 0.1) is 0 Å². The molecule has 0 spiro atoms. The Morgan fingerprint density at radius 2 is 2.20 bits per heavy atom. The summed E-state index contributed by atoms with van der Waals surface area (Å²) >= 11 is 6.14. The summed E-state index contributed by atoms with van der Waals surface area (Å²) in [5.74, 6) is -0.338. The lowest BCUT2D eigenvalue weighted by atomic mass is 9.98. The molecule has 0 aliphatic heterocycles. The average Bonchev–Trinajstić information content (AvgIpc) is 2.41. The fraction of sp³-hybridized carbons (Fsp3) is 0.267. The first-order valence-corrected chi connectivity index (χ1v) is 6.86. The lowest BCUT2D eigenvalue weighted by Crippen LogP contribution is -2.23. The number of nitrogens with two attached hydrogens (primary N) is 1. The van der Waals surface area contributed by atoms with Crippen molar-refractivity contribution in [2.75, 3.05) is 12.3 Å². The Balaban J connectivity index is 2.29. The smallest absolute Gasteiger partial charge is 0.124 e. The van der Waals surface area contributed by atoms with Gasteiger partial charge in [0.25, 0.3) is 0 Å². The average molecular weight is 294 g/mol. The molecule has 0 fully saturated rings. The van der Waals surface area contributed by atoms with Crippen LogP contribution < -0.4 is 11.1 Å². The van der Waals surface area contributed by atoms with E-state index in [1.165, 1.54) is 12.1 Å². The van der Waals surface area contributed by atoms with Crippen molar-refractivity contribution in [3.05, 3.63) is 58.6 Å². The van der Waals surface area contributed by atoms with Crippen LogP contribution in [0.3, 0.4) is 0 Å². The van der Waals surface area contributed by atoms with Gasteiger partial charge in [-0.15, -0.1) is 0 Å². The van der Waals surface area contributed by atoms with E-state index >= 15 is 0 Å². The topological polar surface area (TPSA) is 50.9 Å². The van der Waals surface area contributed by atoms with Gasteiger partial charge in [-0.3, -0.25) is 4.98 Å². The van der Waals surface area contributed by atoms with Crippen LogP contribution in [0.15, 0.2) is 36.7 Å². The van der Waals surface area contributed by atoms with Crippen LogP contribution in [0.2, 0.25) is 5.02 Å². The van der Waals surface area contributed by atoms with Crippen molar-refractivity contribution in [1.29, 1.82) is 0 Å². The summed E-state index contributed by atoms with van der Waals surface area (Å²) in [7, 11) is 0. The zero-order valence-electron chi connectivity index (χ0n) is 11.2. The monoisotopic (exact) mass is 293 g/mol. The predicted octanol–water partition coefficient (Wildman–Crippen LogP) is 3.35. The number of rotatable bonds is 5. The van der Waals surface area contributed by atoms with Crippen LogP contribution >= 0.6 is 11.6 Å². The Morgan fingerprint density at radius 1 is 1.40 bits per heavy atom. The van der Waals surface area contributed by atoms with Gasteiger partial charge in [0.1, 0.15) is 5.82 Å². The molecule has 106 valence electrons. The second-order valence-corrected chi connectivity index (χ2v) is 4.96. The number of nitrogens with one attached hydrogen (secondary N) is 1. The van der Waals surface area contributed by atoms with E-state index in [1.54, 1.807) is 24.5 Å². The molecule has 2 rings (SSSR count). The molecule has 1 aromatic carbocycles. The molecule has 0 bridgehead atoms. The first kappa shape index (κ1) is 14.8. The Hall–Kier alpha value is -1.65. The largest absolute Gasteiger partial charge is 0.398 e. The molecular formula is C15H17ClFN3. The van der Waals surface area contributed by atoms with Crippen LogP contribution in [0.4, 0.5) is 10.1 Å². The van der Waals surface area contributed by atoms with Gasteiger partial charge in [0.2, 0.25) is 0 Å². The van der Waals surface area contributed by atoms with Crippen molar-refractivity contribution in [3.8, 4) is 0 Å². The van der Waals surface area contributed by atoms with Crippen molar-refractivity contribution in [1.82, 2.24) is 10.3 Å². The number of halogens is 2. The molecule has 3 N–H and O–H groups in total. The lowest BCUT2D eigenvalue weighted by Gasteiger charge is -2.20. The van der Waals surface area contributed by atoms with E-state index in [0.717, 1.165) is 17.7 Å². The lowest BCUT2D eigenvalue weighted by molar-refractivity contribution is 0.547. The Kier molecular flexibility index (Phi) is 4.93. The molecule has 2 aromatic rings. The van der Waals surface area contributed by atoms with Crippen LogP contribution in [0.5, 0.6) is 0 Å². The normalized spacial score (nSPS) is 12.3. The number of anilines is 1. The molecule has 0 saturated heterocycles. The Labute approximate surface area is 123 Å². The molecule has 1 heterocycles. The maximum atomic E-state index is 13.2. The molecular weight excluding hydrogens is 277 g/mol. The molecule has 0 aliphatic carbocycles. The number of nitrogen functional groups attached to an aromatic ring is 1. The second-order valence-electron chi connectivity index (χ2n) is 4.55. The number of pyridine rings is 1. The van der Waals surface area contributed by atoms with E-state index < -0.39 is 0 Å². The van der Waals surface area contributed by atoms with Crippen molar-refractivity contribution >= 4 is 17.3 Å². The van der Waals surface area contributed by atoms with E-state index in [-0.39, 0.29) is 11.9 Å². The van der Waals surface area contributed by atoms with E-state index in [1.807, 2.05) is 6.92 Å². The highest BCUT2D eigenvalue weighted by Gasteiger charge is 2.16. The summed E-state index contributed by atoms with van der Waals surface area (Å²) in [5.41, 5.74) is 8.44. The fourth-order valence-electron chi connectivity index (χ4n) is 2.15. The molecule has 0 saturated carbocycles. The van der Waals surface area contributed by atoms with Crippen LogP contribution in [0.25, 0.3) is 0 Å². The molecule has 0 aliphatic rings. The Bertz CT molecular complexity index is 589. The molecule has 0 radical (unpaired) electrons. The molecule has 20 heavy (non-hydrogen) atoms. The summed E-state index contributed by atoms with van der Waals surface area (Å²) in [6.45, 7) is 2.79. The predicted molar refractivity (Wildman–Crippen MR) is 80.2 cm³/mol. The molecule has 5 heteroatoms. The number of hydrogen-bond donors (Lipinski definition) is 2. The SMILES string of the molecule is CCNC(Cc1cnccc1N)c1ccc(F)cc1Cl. The maximum absolute atomic E-state index is 13.2. The van der Waals surface area contributed by atoms with Crippen molar-refractivity contribution < 1.29 is 4.39 Å². The number of likely N-dealkylation sites (N-methyl/N-ethyl adjacent to an activating group) is 1. The van der Waals surface area contributed by atoms with Crippen LogP contribution in [0, 0.1) is 5.82 Å². The highest BCUT2D eigenvalue weighted by molar-refractivity contribution is 6.31. The maximum Gasteiger partial charge on any atom is 0.124 e. The quantitative estimate of drug-likeness (QED) is 0.889. The third kappa shape index (κ3) is 3.46. The van der Waals surface area contributed by atoms with Gasteiger partial charge >= 0.3 is 0 Å². The first-order chi connectivity index (χ1) is 9.61. The summed E-state index contributed by atoms with van der Waals surface area (Å²) < 4.78 is 13.2. The fourth-order valence-corrected chi connectivity index (χ4v) is 2.45. The second kappa shape index (κ2) is 6.68. The van der Waals surface area contributed by atoms with Crippen molar-refractivity contribution in [3.63, 3.8) is 0 Å². The van der Waals surface area contributed by atoms with E-state index in [4.69, 9.17) is 17.3 Å². The molecule has 1 atom stereocenters. The zero-order chi connectivity index (χ0) is 14.5. The number of hydrogen-bond acceptors (Lipinski definition) is 3. The number of nitrogens with zero attached hydrogens (tertiary/aromatic N) is 1. The van der Waals surface area contributed by atoms with Gasteiger partial charge < -0.3 is 11.1 Å². The summed E-state index contributed by atoms with van der Waals surface area (Å²) in [6, 6.07) is 6.19. The van der Waals surface area contributed by atoms with E-state index in [2.05, 4.69) is 10.3 Å². The minimum atomic E-state index is -0.338. The van der Waals surface area contributed by atoms with Crippen molar-refractivity contribution in [2.24, 2.45) is 0 Å². The first-order valence-electron chi connectivity index (χ1n) is 6.48. The third-order valence-electron chi connectivity index (χ3n) is 3.15.